The molecule has 4 heteroatoms. The molecule has 108 valence electrons. The van der Waals surface area contributed by atoms with E-state index in [1.54, 1.807) is 0 Å². The molecule has 0 N–H and O–H groups in total. The van der Waals surface area contributed by atoms with E-state index in [4.69, 9.17) is 16.3 Å². The molecular formula is C17H17ClN2O. The summed E-state index contributed by atoms with van der Waals surface area (Å²) in [5.74, 6) is 1.52. The molecule has 0 unspecified atom stereocenters. The number of hydrogen-bond acceptors (Lipinski definition) is 2. The van der Waals surface area contributed by atoms with Crippen molar-refractivity contribution in [1.82, 2.24) is 9.78 Å². The molecule has 0 aliphatic rings. The maximum absolute atomic E-state index is 5.83. The Morgan fingerprint density at radius 1 is 1.10 bits per heavy atom. The molecule has 0 fully saturated rings. The van der Waals surface area contributed by atoms with Crippen molar-refractivity contribution in [3.05, 3.63) is 60.3 Å². The van der Waals surface area contributed by atoms with E-state index in [1.165, 1.54) is 0 Å². The van der Waals surface area contributed by atoms with E-state index >= 15 is 0 Å². The topological polar surface area (TPSA) is 27.1 Å². The molecule has 0 saturated carbocycles. The lowest BCUT2D eigenvalue weighted by Gasteiger charge is -2.05. The second-order valence-electron chi connectivity index (χ2n) is 4.93. The second kappa shape index (κ2) is 6.64. The summed E-state index contributed by atoms with van der Waals surface area (Å²) in [7, 11) is 0. The molecule has 1 aromatic heterocycles. The predicted molar refractivity (Wildman–Crippen MR) is 85.8 cm³/mol. The first-order valence-corrected chi connectivity index (χ1v) is 7.58. The SMILES string of the molecule is ClCCCn1cc2cc(OCc3ccccc3)ccc2n1. The number of aryl methyl sites for hydroxylation is 1. The molecule has 0 radical (unpaired) electrons. The van der Waals surface area contributed by atoms with Gasteiger partial charge in [0.05, 0.1) is 5.52 Å². The minimum atomic E-state index is 0.576. The molecule has 21 heavy (non-hydrogen) atoms. The van der Waals surface area contributed by atoms with Crippen LogP contribution >= 0.6 is 11.6 Å². The second-order valence-corrected chi connectivity index (χ2v) is 5.31. The molecule has 3 aromatic rings. The van der Waals surface area contributed by atoms with E-state index in [1.807, 2.05) is 47.3 Å². The van der Waals surface area contributed by atoms with Gasteiger partial charge in [-0.25, -0.2) is 0 Å². The molecule has 3 rings (SSSR count). The largest absolute Gasteiger partial charge is 0.489 e. The Balaban J connectivity index is 1.71. The number of hydrogen-bond donors (Lipinski definition) is 0. The Labute approximate surface area is 129 Å². The summed E-state index contributed by atoms with van der Waals surface area (Å²) >= 11 is 5.71. The number of fused-ring (bicyclic) bond motifs is 1. The van der Waals surface area contributed by atoms with Crippen LogP contribution in [0.25, 0.3) is 10.9 Å². The number of halogens is 1. The van der Waals surface area contributed by atoms with Crippen LogP contribution in [0.1, 0.15) is 12.0 Å². The molecule has 0 aliphatic carbocycles. The van der Waals surface area contributed by atoms with E-state index in [2.05, 4.69) is 17.2 Å². The van der Waals surface area contributed by atoms with Gasteiger partial charge < -0.3 is 4.74 Å². The zero-order valence-corrected chi connectivity index (χ0v) is 12.5. The van der Waals surface area contributed by atoms with Crippen LogP contribution in [0.15, 0.2) is 54.7 Å². The predicted octanol–water partition coefficient (Wildman–Crippen LogP) is 4.24. The summed E-state index contributed by atoms with van der Waals surface area (Å²) in [5, 5.41) is 5.60. The monoisotopic (exact) mass is 300 g/mol. The summed E-state index contributed by atoms with van der Waals surface area (Å²) in [5.41, 5.74) is 2.15. The standard InChI is InChI=1S/C17H17ClN2O/c18-9-4-10-20-12-15-11-16(7-8-17(15)19-20)21-13-14-5-2-1-3-6-14/h1-3,5-8,11-12H,4,9-10,13H2. The van der Waals surface area contributed by atoms with Gasteiger partial charge in [0, 0.05) is 24.0 Å². The van der Waals surface area contributed by atoms with E-state index in [-0.39, 0.29) is 0 Å². The molecule has 0 bridgehead atoms. The van der Waals surface area contributed by atoms with Crippen molar-refractivity contribution >= 4 is 22.5 Å². The molecule has 0 amide bonds. The molecule has 2 aromatic carbocycles. The number of nitrogens with zero attached hydrogens (tertiary/aromatic N) is 2. The first kappa shape index (κ1) is 14.0. The van der Waals surface area contributed by atoms with E-state index in [0.29, 0.717) is 12.5 Å². The smallest absolute Gasteiger partial charge is 0.120 e. The van der Waals surface area contributed by atoms with Crippen LogP contribution in [0.4, 0.5) is 0 Å². The maximum atomic E-state index is 5.83. The maximum Gasteiger partial charge on any atom is 0.120 e. The summed E-state index contributed by atoms with van der Waals surface area (Å²) in [6.07, 6.45) is 2.96. The van der Waals surface area contributed by atoms with Crippen molar-refractivity contribution in [3.63, 3.8) is 0 Å². The molecule has 0 spiro atoms. The van der Waals surface area contributed by atoms with Crippen molar-refractivity contribution in [2.45, 2.75) is 19.6 Å². The number of rotatable bonds is 6. The van der Waals surface area contributed by atoms with Crippen LogP contribution < -0.4 is 4.74 Å². The van der Waals surface area contributed by atoms with Crippen LogP contribution in [0.2, 0.25) is 0 Å². The van der Waals surface area contributed by atoms with Crippen molar-refractivity contribution < 1.29 is 4.74 Å². The Morgan fingerprint density at radius 3 is 2.76 bits per heavy atom. The Hall–Kier alpha value is -2.00. The van der Waals surface area contributed by atoms with Crippen molar-refractivity contribution in [3.8, 4) is 5.75 Å². The summed E-state index contributed by atoms with van der Waals surface area (Å²) in [4.78, 5) is 0. The van der Waals surface area contributed by atoms with Gasteiger partial charge in [0.2, 0.25) is 0 Å². The Bertz CT molecular complexity index is 709. The van der Waals surface area contributed by atoms with Gasteiger partial charge in [0.25, 0.3) is 0 Å². The normalized spacial score (nSPS) is 10.9. The van der Waals surface area contributed by atoms with E-state index in [0.717, 1.165) is 35.2 Å². The van der Waals surface area contributed by atoms with Gasteiger partial charge in [-0.2, -0.15) is 5.10 Å². The lowest BCUT2D eigenvalue weighted by atomic mass is 10.2. The molecule has 0 saturated heterocycles. The average molecular weight is 301 g/mol. The minimum Gasteiger partial charge on any atom is -0.489 e. The van der Waals surface area contributed by atoms with E-state index in [9.17, 15) is 0 Å². The number of benzene rings is 2. The highest BCUT2D eigenvalue weighted by atomic mass is 35.5. The van der Waals surface area contributed by atoms with Crippen LogP contribution in [0.5, 0.6) is 5.75 Å². The highest BCUT2D eigenvalue weighted by Gasteiger charge is 2.03. The van der Waals surface area contributed by atoms with Crippen molar-refractivity contribution in [2.24, 2.45) is 0 Å². The zero-order chi connectivity index (χ0) is 14.5. The molecule has 0 aliphatic heterocycles. The Morgan fingerprint density at radius 2 is 1.95 bits per heavy atom. The Kier molecular flexibility index (Phi) is 4.41. The quantitative estimate of drug-likeness (QED) is 0.637. The van der Waals surface area contributed by atoms with Gasteiger partial charge in [0.1, 0.15) is 12.4 Å². The fourth-order valence-electron chi connectivity index (χ4n) is 2.22. The molecule has 3 nitrogen and oxygen atoms in total. The number of alkyl halides is 1. The van der Waals surface area contributed by atoms with E-state index < -0.39 is 0 Å². The summed E-state index contributed by atoms with van der Waals surface area (Å²) in [6.45, 7) is 1.42. The van der Waals surface area contributed by atoms with Crippen molar-refractivity contribution in [2.75, 3.05) is 5.88 Å². The zero-order valence-electron chi connectivity index (χ0n) is 11.7. The lowest BCUT2D eigenvalue weighted by Crippen LogP contribution is -1.98. The molecular weight excluding hydrogens is 284 g/mol. The van der Waals surface area contributed by atoms with Crippen molar-refractivity contribution in [1.29, 1.82) is 0 Å². The molecule has 1 heterocycles. The first-order valence-electron chi connectivity index (χ1n) is 7.05. The molecule has 0 atom stereocenters. The van der Waals surface area contributed by atoms with Crippen LogP contribution in [-0.2, 0) is 13.2 Å². The third kappa shape index (κ3) is 3.56. The number of aromatic nitrogens is 2. The van der Waals surface area contributed by atoms with Gasteiger partial charge in [0.15, 0.2) is 0 Å². The lowest BCUT2D eigenvalue weighted by molar-refractivity contribution is 0.306. The van der Waals surface area contributed by atoms with Gasteiger partial charge in [-0.15, -0.1) is 11.6 Å². The third-order valence-electron chi connectivity index (χ3n) is 3.29. The average Bonchev–Trinajstić information content (AvgIpc) is 2.94. The fourth-order valence-corrected chi connectivity index (χ4v) is 2.34. The van der Waals surface area contributed by atoms with Gasteiger partial charge in [-0.3, -0.25) is 4.68 Å². The van der Waals surface area contributed by atoms with Gasteiger partial charge >= 0.3 is 0 Å². The minimum absolute atomic E-state index is 0.576. The van der Waals surface area contributed by atoms with Crippen LogP contribution in [0, 0.1) is 0 Å². The highest BCUT2D eigenvalue weighted by Crippen LogP contribution is 2.21. The fraction of sp³-hybridized carbons (Fsp3) is 0.235. The third-order valence-corrected chi connectivity index (χ3v) is 3.56. The first-order chi connectivity index (χ1) is 10.3. The van der Waals surface area contributed by atoms with Gasteiger partial charge in [-0.05, 0) is 30.2 Å². The summed E-state index contributed by atoms with van der Waals surface area (Å²) in [6, 6.07) is 16.1. The highest BCUT2D eigenvalue weighted by molar-refractivity contribution is 6.17. The summed E-state index contributed by atoms with van der Waals surface area (Å²) < 4.78 is 7.77. The van der Waals surface area contributed by atoms with Crippen LogP contribution in [0.3, 0.4) is 0 Å². The number of ether oxygens (including phenoxy) is 1. The van der Waals surface area contributed by atoms with Crippen LogP contribution in [-0.4, -0.2) is 15.7 Å². The van der Waals surface area contributed by atoms with Gasteiger partial charge in [-0.1, -0.05) is 30.3 Å².